The van der Waals surface area contributed by atoms with Crippen LogP contribution < -0.4 is 0 Å². The Morgan fingerprint density at radius 3 is 2.30 bits per heavy atom. The van der Waals surface area contributed by atoms with E-state index >= 15 is 0 Å². The van der Waals surface area contributed by atoms with Crippen LogP contribution in [0.25, 0.3) is 11.3 Å². The number of carbonyl (C=O) groups is 1. The lowest BCUT2D eigenvalue weighted by molar-refractivity contribution is -0.428. The lowest BCUT2D eigenvalue weighted by Gasteiger charge is -2.07. The summed E-state index contributed by atoms with van der Waals surface area (Å²) in [5.41, 5.74) is 2.05. The minimum absolute atomic E-state index is 0.0399. The molecule has 1 aromatic carbocycles. The Kier molecular flexibility index (Phi) is 3.65. The monoisotopic (exact) mass is 274 g/mol. The number of hydrogen-bond donors (Lipinski definition) is 1. The van der Waals surface area contributed by atoms with Gasteiger partial charge in [-0.15, -0.1) is 0 Å². The van der Waals surface area contributed by atoms with Crippen molar-refractivity contribution in [2.45, 2.75) is 19.9 Å². The van der Waals surface area contributed by atoms with Gasteiger partial charge in [0.05, 0.1) is 5.69 Å². The minimum atomic E-state index is -1.01. The topological polar surface area (TPSA) is 75.2 Å². The predicted octanol–water partition coefficient (Wildman–Crippen LogP) is 2.87. The summed E-state index contributed by atoms with van der Waals surface area (Å²) in [6.07, 6.45) is 0. The van der Waals surface area contributed by atoms with Crippen LogP contribution in [0.3, 0.4) is 0 Å². The number of carboxylic acids is 1. The molecule has 2 aromatic rings. The van der Waals surface area contributed by atoms with Crippen molar-refractivity contribution >= 4 is 11.7 Å². The number of benzene rings is 1. The summed E-state index contributed by atoms with van der Waals surface area (Å²) < 4.78 is 2.24. The molecule has 20 heavy (non-hydrogen) atoms. The van der Waals surface area contributed by atoms with Crippen LogP contribution in [-0.2, 0) is 0 Å². The van der Waals surface area contributed by atoms with Crippen LogP contribution in [0.15, 0.2) is 30.3 Å². The van der Waals surface area contributed by atoms with E-state index < -0.39 is 5.97 Å². The fourth-order valence-corrected chi connectivity index (χ4v) is 1.93. The van der Waals surface area contributed by atoms with Gasteiger partial charge in [-0.25, -0.2) is 4.79 Å². The van der Waals surface area contributed by atoms with E-state index in [1.54, 1.807) is 24.3 Å². The van der Waals surface area contributed by atoms with Crippen LogP contribution in [-0.4, -0.2) is 32.7 Å². The van der Waals surface area contributed by atoms with E-state index in [-0.39, 0.29) is 11.7 Å². The van der Waals surface area contributed by atoms with E-state index in [2.05, 4.69) is 5.10 Å². The van der Waals surface area contributed by atoms with Gasteiger partial charge >= 0.3 is 5.97 Å². The van der Waals surface area contributed by atoms with Gasteiger partial charge in [-0.2, -0.15) is 5.10 Å². The molecule has 0 amide bonds. The summed E-state index contributed by atoms with van der Waals surface area (Å²) in [7, 11) is 1.42. The van der Waals surface area contributed by atoms with E-state index in [4.69, 9.17) is 0 Å². The molecule has 0 aliphatic rings. The third-order valence-electron chi connectivity index (χ3n) is 2.97. The highest BCUT2D eigenvalue weighted by Crippen LogP contribution is 2.23. The fourth-order valence-electron chi connectivity index (χ4n) is 1.93. The maximum atomic E-state index is 11.2. The van der Waals surface area contributed by atoms with Gasteiger partial charge in [0.25, 0.3) is 5.69 Å². The highest BCUT2D eigenvalue weighted by Gasteiger charge is 2.17. The Hall–Kier alpha value is -2.50. The van der Waals surface area contributed by atoms with Gasteiger partial charge in [0.15, 0.2) is 7.05 Å². The van der Waals surface area contributed by atoms with Crippen LogP contribution in [0.1, 0.15) is 30.4 Å². The van der Waals surface area contributed by atoms with Gasteiger partial charge in [0, 0.05) is 33.4 Å². The van der Waals surface area contributed by atoms with Crippen LogP contribution in [0.5, 0.6) is 0 Å². The Bertz CT molecular complexity index is 657. The van der Waals surface area contributed by atoms with Crippen molar-refractivity contribution in [3.8, 4) is 11.3 Å². The van der Waals surface area contributed by atoms with E-state index in [9.17, 15) is 14.8 Å². The summed E-state index contributed by atoms with van der Waals surface area (Å²) in [4.78, 5) is 22.4. The molecule has 0 bridgehead atoms. The molecule has 0 aliphatic carbocycles. The van der Waals surface area contributed by atoms with E-state index in [1.807, 2.05) is 13.8 Å². The van der Waals surface area contributed by atoms with Gasteiger partial charge in [0.1, 0.15) is 5.69 Å². The number of aromatic nitrogens is 2. The Labute approximate surface area is 116 Å². The molecule has 0 unspecified atom stereocenters. The molecule has 0 spiro atoms. The molecule has 0 radical (unpaired) electrons. The first-order valence-corrected chi connectivity index (χ1v) is 6.24. The van der Waals surface area contributed by atoms with Crippen LogP contribution in [0, 0.1) is 4.91 Å². The number of rotatable bonds is 4. The van der Waals surface area contributed by atoms with Crippen molar-refractivity contribution < 1.29 is 14.7 Å². The zero-order valence-corrected chi connectivity index (χ0v) is 11.6. The van der Waals surface area contributed by atoms with Gasteiger partial charge in [0.2, 0.25) is 0 Å². The second-order valence-electron chi connectivity index (χ2n) is 4.80. The molecule has 104 valence electrons. The lowest BCUT2D eigenvalue weighted by atomic mass is 10.1. The smallest absolute Gasteiger partial charge is 0.354 e. The second-order valence-corrected chi connectivity index (χ2v) is 4.80. The lowest BCUT2D eigenvalue weighted by Crippen LogP contribution is -2.11. The van der Waals surface area contributed by atoms with Crippen molar-refractivity contribution in [1.29, 1.82) is 0 Å². The van der Waals surface area contributed by atoms with Crippen LogP contribution >= 0.6 is 0 Å². The highest BCUT2D eigenvalue weighted by molar-refractivity contribution is 5.87. The molecule has 0 saturated heterocycles. The highest BCUT2D eigenvalue weighted by atomic mass is 16.4. The van der Waals surface area contributed by atoms with Crippen molar-refractivity contribution in [3.63, 3.8) is 0 Å². The fraction of sp³-hybridized carbons (Fsp3) is 0.286. The normalized spacial score (nSPS) is 10.8. The molecular weight excluding hydrogens is 258 g/mol. The molecule has 1 heterocycles. The first-order chi connectivity index (χ1) is 9.40. The third kappa shape index (κ3) is 2.59. The molecule has 1 aromatic heterocycles. The zero-order valence-electron chi connectivity index (χ0n) is 11.6. The summed E-state index contributed by atoms with van der Waals surface area (Å²) in [6, 6.07) is 8.36. The first-order valence-electron chi connectivity index (χ1n) is 6.24. The molecule has 1 N–H and O–H groups in total. The molecule has 6 heteroatoms. The third-order valence-corrected chi connectivity index (χ3v) is 2.97. The molecular formula is C14H16N3O3+. The van der Waals surface area contributed by atoms with Crippen LogP contribution in [0.2, 0.25) is 0 Å². The van der Waals surface area contributed by atoms with Crippen molar-refractivity contribution in [1.82, 2.24) is 9.78 Å². The van der Waals surface area contributed by atoms with E-state index in [0.717, 1.165) is 10.3 Å². The maximum absolute atomic E-state index is 11.2. The summed E-state index contributed by atoms with van der Waals surface area (Å²) in [6.45, 7) is 3.75. The second kappa shape index (κ2) is 5.24. The van der Waals surface area contributed by atoms with Gasteiger partial charge in [-0.3, -0.25) is 4.68 Å². The molecule has 0 aliphatic heterocycles. The number of nitroso groups, excluding NO2 is 1. The van der Waals surface area contributed by atoms with Gasteiger partial charge in [-0.05, 0) is 32.0 Å². The van der Waals surface area contributed by atoms with Crippen molar-refractivity contribution in [3.05, 3.63) is 40.9 Å². The number of aromatic carboxylic acids is 1. The number of hydrogen-bond acceptors (Lipinski definition) is 3. The largest absolute Gasteiger partial charge is 0.477 e. The molecule has 0 saturated carbocycles. The van der Waals surface area contributed by atoms with Crippen molar-refractivity contribution in [2.24, 2.45) is 0 Å². The van der Waals surface area contributed by atoms with Gasteiger partial charge < -0.3 is 5.11 Å². The van der Waals surface area contributed by atoms with E-state index in [1.165, 1.54) is 17.8 Å². The average Bonchev–Trinajstić information content (AvgIpc) is 2.84. The van der Waals surface area contributed by atoms with Crippen molar-refractivity contribution in [2.75, 3.05) is 7.05 Å². The van der Waals surface area contributed by atoms with Crippen LogP contribution in [0.4, 0.5) is 5.69 Å². The minimum Gasteiger partial charge on any atom is -0.477 e. The SMILES string of the molecule is CC(C)n1nc(-c2ccc([N+](C)=O)cc2)cc1C(=O)O. The van der Waals surface area contributed by atoms with Gasteiger partial charge in [-0.1, -0.05) is 0 Å². The predicted molar refractivity (Wildman–Crippen MR) is 74.2 cm³/mol. The zero-order chi connectivity index (χ0) is 14.9. The molecule has 0 fully saturated rings. The standard InChI is InChI=1S/C14H15N3O3/c1-9(2)17-13(14(18)19)8-12(15-17)10-4-6-11(7-5-10)16(3)20/h4-9H,1-3H3/p+1. The Balaban J connectivity index is 2.45. The Morgan fingerprint density at radius 2 is 1.90 bits per heavy atom. The summed E-state index contributed by atoms with van der Waals surface area (Å²) >= 11 is 0. The number of carboxylic acid groups (broad SMARTS) is 1. The molecule has 6 nitrogen and oxygen atoms in total. The van der Waals surface area contributed by atoms with E-state index in [0.29, 0.717) is 11.4 Å². The first kappa shape index (κ1) is 13.9. The molecule has 0 atom stereocenters. The maximum Gasteiger partial charge on any atom is 0.354 e. The summed E-state index contributed by atoms with van der Waals surface area (Å²) in [5.74, 6) is -1.01. The quantitative estimate of drug-likeness (QED) is 0.870. The Morgan fingerprint density at radius 1 is 1.30 bits per heavy atom. The summed E-state index contributed by atoms with van der Waals surface area (Å²) in [5, 5.41) is 13.5. The number of nitrogens with zero attached hydrogens (tertiary/aromatic N) is 3. The molecule has 2 rings (SSSR count). The average molecular weight is 274 g/mol.